The SMILES string of the molecule is CC(C)C[C@H](NC(=O)C1(CC(=O)OCc2ccccc2)CCC1)B(O)O. The zero-order valence-electron chi connectivity index (χ0n) is 15.5. The van der Waals surface area contributed by atoms with E-state index in [4.69, 9.17) is 4.74 Å². The normalized spacial score (nSPS) is 16.5. The highest BCUT2D eigenvalue weighted by molar-refractivity contribution is 6.43. The van der Waals surface area contributed by atoms with Crippen LogP contribution in [0.2, 0.25) is 0 Å². The molecule has 6 nitrogen and oxygen atoms in total. The number of carbonyl (C=O) groups is 2. The second-order valence-electron chi connectivity index (χ2n) is 7.58. The van der Waals surface area contributed by atoms with Gasteiger partial charge in [0, 0.05) is 0 Å². The van der Waals surface area contributed by atoms with Crippen molar-refractivity contribution in [1.29, 1.82) is 0 Å². The topological polar surface area (TPSA) is 95.9 Å². The molecule has 1 fully saturated rings. The van der Waals surface area contributed by atoms with Crippen LogP contribution in [0.1, 0.15) is 51.5 Å². The van der Waals surface area contributed by atoms with Crippen LogP contribution in [0.3, 0.4) is 0 Å². The third-order valence-corrected chi connectivity index (χ3v) is 4.92. The molecule has 1 aliphatic rings. The maximum absolute atomic E-state index is 12.7. The average Bonchev–Trinajstić information content (AvgIpc) is 2.56. The molecule has 142 valence electrons. The van der Waals surface area contributed by atoms with Crippen LogP contribution in [0.4, 0.5) is 0 Å². The third kappa shape index (κ3) is 5.57. The standard InChI is InChI=1S/C19H28BNO5/c1-14(2)11-16(20(24)25)21-18(23)19(9-6-10-19)12-17(22)26-13-15-7-4-3-5-8-15/h3-5,7-8,14,16,24-25H,6,9-13H2,1-2H3,(H,21,23)/t16-/m0/s1. The number of amides is 1. The van der Waals surface area contributed by atoms with E-state index in [1.165, 1.54) is 0 Å². The summed E-state index contributed by atoms with van der Waals surface area (Å²) in [6.07, 6.45) is 2.56. The predicted molar refractivity (Wildman–Crippen MR) is 98.7 cm³/mol. The molecule has 0 unspecified atom stereocenters. The van der Waals surface area contributed by atoms with Gasteiger partial charge < -0.3 is 20.1 Å². The van der Waals surface area contributed by atoms with Crippen molar-refractivity contribution < 1.29 is 24.4 Å². The zero-order chi connectivity index (χ0) is 19.2. The lowest BCUT2D eigenvalue weighted by Gasteiger charge is -2.40. The van der Waals surface area contributed by atoms with Gasteiger partial charge >= 0.3 is 13.1 Å². The molecule has 1 amide bonds. The molecule has 0 bridgehead atoms. The second kappa shape index (κ2) is 9.19. The van der Waals surface area contributed by atoms with Crippen LogP contribution in [-0.4, -0.2) is 35.0 Å². The van der Waals surface area contributed by atoms with E-state index in [1.807, 2.05) is 44.2 Å². The van der Waals surface area contributed by atoms with Gasteiger partial charge in [-0.1, -0.05) is 50.6 Å². The summed E-state index contributed by atoms with van der Waals surface area (Å²) in [6.45, 7) is 4.08. The monoisotopic (exact) mass is 361 g/mol. The van der Waals surface area contributed by atoms with Crippen molar-refractivity contribution >= 4 is 19.0 Å². The maximum atomic E-state index is 12.7. The van der Waals surface area contributed by atoms with Crippen LogP contribution in [0.25, 0.3) is 0 Å². The van der Waals surface area contributed by atoms with E-state index in [2.05, 4.69) is 5.32 Å². The highest BCUT2D eigenvalue weighted by Gasteiger charge is 2.47. The van der Waals surface area contributed by atoms with E-state index < -0.39 is 24.4 Å². The Hall–Kier alpha value is -1.86. The molecule has 1 aromatic rings. The van der Waals surface area contributed by atoms with Gasteiger partial charge in [-0.15, -0.1) is 0 Å². The molecule has 0 heterocycles. The highest BCUT2D eigenvalue weighted by Crippen LogP contribution is 2.44. The fourth-order valence-electron chi connectivity index (χ4n) is 3.24. The van der Waals surface area contributed by atoms with Crippen LogP contribution >= 0.6 is 0 Å². The summed E-state index contributed by atoms with van der Waals surface area (Å²) in [7, 11) is -1.62. The molecule has 0 saturated heterocycles. The van der Waals surface area contributed by atoms with Crippen molar-refractivity contribution in [2.75, 3.05) is 0 Å². The van der Waals surface area contributed by atoms with Crippen LogP contribution in [0.15, 0.2) is 30.3 Å². The number of hydrogen-bond donors (Lipinski definition) is 3. The molecule has 1 atom stereocenters. The van der Waals surface area contributed by atoms with Gasteiger partial charge in [-0.05, 0) is 30.7 Å². The summed E-state index contributed by atoms with van der Waals surface area (Å²) >= 11 is 0. The minimum absolute atomic E-state index is 0.0155. The minimum atomic E-state index is -1.62. The van der Waals surface area contributed by atoms with Gasteiger partial charge in [0.05, 0.1) is 17.8 Å². The smallest absolute Gasteiger partial charge is 0.461 e. The van der Waals surface area contributed by atoms with Crippen molar-refractivity contribution in [3.05, 3.63) is 35.9 Å². The summed E-state index contributed by atoms with van der Waals surface area (Å²) in [5.74, 6) is -1.23. The summed E-state index contributed by atoms with van der Waals surface area (Å²) in [5, 5.41) is 21.7. The largest absolute Gasteiger partial charge is 0.475 e. The zero-order valence-corrected chi connectivity index (χ0v) is 15.5. The van der Waals surface area contributed by atoms with Gasteiger partial charge in [0.1, 0.15) is 6.61 Å². The van der Waals surface area contributed by atoms with Crippen molar-refractivity contribution in [3.8, 4) is 0 Å². The molecule has 7 heteroatoms. The summed E-state index contributed by atoms with van der Waals surface area (Å²) in [4.78, 5) is 24.9. The Morgan fingerprint density at radius 1 is 1.23 bits per heavy atom. The van der Waals surface area contributed by atoms with Gasteiger partial charge in [-0.2, -0.15) is 0 Å². The van der Waals surface area contributed by atoms with E-state index in [1.54, 1.807) is 0 Å². The molecule has 0 radical (unpaired) electrons. The van der Waals surface area contributed by atoms with Crippen molar-refractivity contribution in [3.63, 3.8) is 0 Å². The maximum Gasteiger partial charge on any atom is 0.475 e. The van der Waals surface area contributed by atoms with Gasteiger partial charge in [0.15, 0.2) is 0 Å². The lowest BCUT2D eigenvalue weighted by molar-refractivity contribution is -0.155. The lowest BCUT2D eigenvalue weighted by Crippen LogP contribution is -2.54. The number of rotatable bonds is 9. The van der Waals surface area contributed by atoms with E-state index in [-0.39, 0.29) is 24.9 Å². The Kier molecular flexibility index (Phi) is 7.23. The summed E-state index contributed by atoms with van der Waals surface area (Å²) < 4.78 is 5.31. The molecule has 3 N–H and O–H groups in total. The van der Waals surface area contributed by atoms with Crippen LogP contribution < -0.4 is 5.32 Å². The number of benzene rings is 1. The fourth-order valence-corrected chi connectivity index (χ4v) is 3.24. The number of carbonyl (C=O) groups excluding carboxylic acids is 2. The van der Waals surface area contributed by atoms with E-state index >= 15 is 0 Å². The first-order valence-corrected chi connectivity index (χ1v) is 9.19. The molecule has 1 aliphatic carbocycles. The van der Waals surface area contributed by atoms with Crippen LogP contribution in [0.5, 0.6) is 0 Å². The molecule has 0 aliphatic heterocycles. The van der Waals surface area contributed by atoms with Gasteiger partial charge in [-0.3, -0.25) is 9.59 Å². The van der Waals surface area contributed by atoms with Crippen LogP contribution in [-0.2, 0) is 20.9 Å². The first-order chi connectivity index (χ1) is 12.3. The number of nitrogens with one attached hydrogen (secondary N) is 1. The first kappa shape index (κ1) is 20.5. The molecular formula is C19H28BNO5. The fraction of sp³-hybridized carbons (Fsp3) is 0.579. The molecule has 1 saturated carbocycles. The predicted octanol–water partition coefficient (Wildman–Crippen LogP) is 1.83. The average molecular weight is 361 g/mol. The molecule has 26 heavy (non-hydrogen) atoms. The molecule has 0 spiro atoms. The van der Waals surface area contributed by atoms with Gasteiger partial charge in [-0.25, -0.2) is 0 Å². The van der Waals surface area contributed by atoms with E-state index in [0.717, 1.165) is 12.0 Å². The van der Waals surface area contributed by atoms with Crippen molar-refractivity contribution in [2.45, 2.75) is 58.5 Å². The third-order valence-electron chi connectivity index (χ3n) is 4.92. The second-order valence-corrected chi connectivity index (χ2v) is 7.58. The van der Waals surface area contributed by atoms with Crippen molar-refractivity contribution in [2.24, 2.45) is 11.3 Å². The van der Waals surface area contributed by atoms with Crippen LogP contribution in [0, 0.1) is 11.3 Å². The molecule has 0 aromatic heterocycles. The molecule has 1 aromatic carbocycles. The highest BCUT2D eigenvalue weighted by atomic mass is 16.5. The quantitative estimate of drug-likeness (QED) is 0.461. The number of hydrogen-bond acceptors (Lipinski definition) is 5. The van der Waals surface area contributed by atoms with Crippen molar-refractivity contribution in [1.82, 2.24) is 5.32 Å². The Morgan fingerprint density at radius 2 is 1.88 bits per heavy atom. The molecule has 2 rings (SSSR count). The Morgan fingerprint density at radius 3 is 2.38 bits per heavy atom. The number of ether oxygens (including phenoxy) is 1. The van der Waals surface area contributed by atoms with E-state index in [9.17, 15) is 19.6 Å². The summed E-state index contributed by atoms with van der Waals surface area (Å²) in [6, 6.07) is 9.39. The Balaban J connectivity index is 1.92. The lowest BCUT2D eigenvalue weighted by atomic mass is 9.65. The van der Waals surface area contributed by atoms with Gasteiger partial charge in [0.2, 0.25) is 5.91 Å². The number of esters is 1. The molecular weight excluding hydrogens is 333 g/mol. The van der Waals surface area contributed by atoms with Gasteiger partial charge in [0.25, 0.3) is 0 Å². The Labute approximate surface area is 155 Å². The summed E-state index contributed by atoms with van der Waals surface area (Å²) in [5.41, 5.74) is 0.103. The van der Waals surface area contributed by atoms with E-state index in [0.29, 0.717) is 19.3 Å². The Bertz CT molecular complexity index is 601. The first-order valence-electron chi connectivity index (χ1n) is 9.19. The minimum Gasteiger partial charge on any atom is -0.461 e.